The van der Waals surface area contributed by atoms with Crippen molar-refractivity contribution in [2.45, 2.75) is 18.5 Å². The molecule has 0 amide bonds. The fraction of sp³-hybridized carbons (Fsp3) is 0.615. The molecule has 0 radical (unpaired) electrons. The molecule has 0 spiro atoms. The molecule has 0 fully saturated rings. The molecule has 6 nitrogen and oxygen atoms in total. The van der Waals surface area contributed by atoms with Crippen molar-refractivity contribution in [1.29, 1.82) is 0 Å². The van der Waals surface area contributed by atoms with Gasteiger partial charge in [-0.1, -0.05) is 11.8 Å². The van der Waals surface area contributed by atoms with Crippen LogP contribution in [0.15, 0.2) is 11.5 Å². The van der Waals surface area contributed by atoms with Gasteiger partial charge in [0.25, 0.3) is 0 Å². The van der Waals surface area contributed by atoms with Gasteiger partial charge < -0.3 is 14.2 Å². The Morgan fingerprint density at radius 2 is 2.15 bits per heavy atom. The maximum atomic E-state index is 5.61. The zero-order valence-electron chi connectivity index (χ0n) is 12.5. The van der Waals surface area contributed by atoms with E-state index in [4.69, 9.17) is 4.74 Å². The molecule has 0 aliphatic heterocycles. The highest BCUT2D eigenvalue weighted by Crippen LogP contribution is 2.25. The van der Waals surface area contributed by atoms with Crippen LogP contribution in [0, 0.1) is 0 Å². The molecule has 20 heavy (non-hydrogen) atoms. The van der Waals surface area contributed by atoms with Gasteiger partial charge in [-0.25, -0.2) is 9.97 Å². The van der Waals surface area contributed by atoms with Crippen molar-refractivity contribution < 1.29 is 4.74 Å². The number of hydrogen-bond acceptors (Lipinski definition) is 6. The summed E-state index contributed by atoms with van der Waals surface area (Å²) >= 11 is 1.65. The van der Waals surface area contributed by atoms with Gasteiger partial charge in [-0.05, 0) is 34.0 Å². The number of fused-ring (bicyclic) bond motifs is 1. The predicted molar refractivity (Wildman–Crippen MR) is 81.4 cm³/mol. The van der Waals surface area contributed by atoms with Gasteiger partial charge in [0.05, 0.1) is 12.9 Å². The summed E-state index contributed by atoms with van der Waals surface area (Å²) in [5, 5.41) is 0.735. The fourth-order valence-electron chi connectivity index (χ4n) is 1.85. The van der Waals surface area contributed by atoms with E-state index in [0.29, 0.717) is 18.1 Å². The van der Waals surface area contributed by atoms with Crippen molar-refractivity contribution in [1.82, 2.24) is 24.4 Å². The van der Waals surface area contributed by atoms with Crippen LogP contribution in [0.1, 0.15) is 13.3 Å². The summed E-state index contributed by atoms with van der Waals surface area (Å²) in [7, 11) is 6.08. The minimum atomic E-state index is 0.585. The van der Waals surface area contributed by atoms with Gasteiger partial charge in [0.2, 0.25) is 5.88 Å². The van der Waals surface area contributed by atoms with Crippen LogP contribution >= 0.6 is 11.8 Å². The van der Waals surface area contributed by atoms with Gasteiger partial charge in [-0.3, -0.25) is 0 Å². The number of rotatable bonds is 7. The first-order chi connectivity index (χ1) is 9.61. The number of nitrogens with zero attached hydrogens (tertiary/aromatic N) is 5. The van der Waals surface area contributed by atoms with E-state index in [0.717, 1.165) is 29.4 Å². The molecule has 0 aliphatic rings. The van der Waals surface area contributed by atoms with E-state index in [2.05, 4.69) is 33.9 Å². The van der Waals surface area contributed by atoms with Gasteiger partial charge >= 0.3 is 0 Å². The Hall–Kier alpha value is -1.34. The molecule has 0 saturated carbocycles. The maximum Gasteiger partial charge on any atom is 0.244 e. The van der Waals surface area contributed by atoms with Gasteiger partial charge in [0.15, 0.2) is 16.3 Å². The molecule has 0 saturated heterocycles. The fourth-order valence-corrected chi connectivity index (χ4v) is 2.60. The van der Waals surface area contributed by atoms with Crippen LogP contribution in [0.2, 0.25) is 0 Å². The van der Waals surface area contributed by atoms with Gasteiger partial charge in [-0.15, -0.1) is 0 Å². The molecule has 2 heterocycles. The van der Waals surface area contributed by atoms with Crippen LogP contribution in [0.5, 0.6) is 5.88 Å². The molecule has 2 rings (SSSR count). The minimum Gasteiger partial charge on any atom is -0.476 e. The first kappa shape index (κ1) is 15.1. The van der Waals surface area contributed by atoms with Crippen molar-refractivity contribution in [2.24, 2.45) is 7.05 Å². The van der Waals surface area contributed by atoms with Gasteiger partial charge in [0, 0.05) is 12.8 Å². The molecule has 0 bridgehead atoms. The SMILES string of the molecule is CCOc1nc(SCCCN(C)C)nc2ncn(C)c12. The third-order valence-electron chi connectivity index (χ3n) is 2.78. The van der Waals surface area contributed by atoms with Crippen molar-refractivity contribution in [3.8, 4) is 5.88 Å². The monoisotopic (exact) mass is 295 g/mol. The molecule has 0 aliphatic carbocycles. The number of thioether (sulfide) groups is 1. The van der Waals surface area contributed by atoms with Crippen molar-refractivity contribution >= 4 is 22.9 Å². The van der Waals surface area contributed by atoms with Crippen molar-refractivity contribution in [2.75, 3.05) is 33.0 Å². The average molecular weight is 295 g/mol. The van der Waals surface area contributed by atoms with E-state index >= 15 is 0 Å². The highest BCUT2D eigenvalue weighted by molar-refractivity contribution is 7.99. The highest BCUT2D eigenvalue weighted by Gasteiger charge is 2.13. The third-order valence-corrected chi connectivity index (χ3v) is 3.71. The van der Waals surface area contributed by atoms with Crippen LogP contribution in [-0.4, -0.2) is 57.4 Å². The second-order valence-corrected chi connectivity index (χ2v) is 5.84. The summed E-state index contributed by atoms with van der Waals surface area (Å²) in [4.78, 5) is 15.4. The van der Waals surface area contributed by atoms with Crippen LogP contribution in [-0.2, 0) is 7.05 Å². The zero-order valence-corrected chi connectivity index (χ0v) is 13.3. The second-order valence-electron chi connectivity index (χ2n) is 4.78. The van der Waals surface area contributed by atoms with Crippen LogP contribution in [0.25, 0.3) is 11.2 Å². The molecule has 0 atom stereocenters. The molecule has 2 aromatic rings. The Labute approximate surface area is 123 Å². The first-order valence-electron chi connectivity index (χ1n) is 6.71. The van der Waals surface area contributed by atoms with Crippen LogP contribution < -0.4 is 4.74 Å². The Balaban J connectivity index is 2.13. The lowest BCUT2D eigenvalue weighted by Gasteiger charge is -2.09. The number of aryl methyl sites for hydroxylation is 1. The third kappa shape index (κ3) is 3.61. The largest absolute Gasteiger partial charge is 0.476 e. The second kappa shape index (κ2) is 6.90. The lowest BCUT2D eigenvalue weighted by Crippen LogP contribution is -2.13. The molecular formula is C13H21N5OS. The normalized spacial score (nSPS) is 11.4. The highest BCUT2D eigenvalue weighted by atomic mass is 32.2. The zero-order chi connectivity index (χ0) is 14.5. The topological polar surface area (TPSA) is 56.1 Å². The quantitative estimate of drug-likeness (QED) is 0.441. The van der Waals surface area contributed by atoms with Gasteiger partial charge in [-0.2, -0.15) is 4.98 Å². The summed E-state index contributed by atoms with van der Waals surface area (Å²) in [5.41, 5.74) is 1.55. The summed E-state index contributed by atoms with van der Waals surface area (Å²) < 4.78 is 7.50. The predicted octanol–water partition coefficient (Wildman–Crippen LogP) is 1.81. The maximum absolute atomic E-state index is 5.61. The van der Waals surface area contributed by atoms with E-state index in [-0.39, 0.29) is 0 Å². The molecule has 0 unspecified atom stereocenters. The number of aromatic nitrogens is 4. The van der Waals surface area contributed by atoms with Gasteiger partial charge in [0.1, 0.15) is 0 Å². The average Bonchev–Trinajstić information content (AvgIpc) is 2.77. The number of ether oxygens (including phenoxy) is 1. The number of hydrogen-bond donors (Lipinski definition) is 0. The standard InChI is InChI=1S/C13H21N5OS/c1-5-19-12-10-11(14-9-18(10)4)15-13(16-12)20-8-6-7-17(2)3/h9H,5-8H2,1-4H3. The molecular weight excluding hydrogens is 274 g/mol. The lowest BCUT2D eigenvalue weighted by molar-refractivity contribution is 0.326. The Morgan fingerprint density at radius 1 is 1.35 bits per heavy atom. The van der Waals surface area contributed by atoms with Crippen molar-refractivity contribution in [3.63, 3.8) is 0 Å². The lowest BCUT2D eigenvalue weighted by atomic mass is 10.5. The minimum absolute atomic E-state index is 0.585. The summed E-state index contributed by atoms with van der Waals surface area (Å²) in [6.07, 6.45) is 2.84. The first-order valence-corrected chi connectivity index (χ1v) is 7.69. The Morgan fingerprint density at radius 3 is 2.85 bits per heavy atom. The summed E-state index contributed by atoms with van der Waals surface area (Å²) in [6.45, 7) is 3.60. The summed E-state index contributed by atoms with van der Waals surface area (Å²) in [5.74, 6) is 1.61. The molecule has 110 valence electrons. The Bertz CT molecular complexity index is 569. The summed E-state index contributed by atoms with van der Waals surface area (Å²) in [6, 6.07) is 0. The van der Waals surface area contributed by atoms with Crippen molar-refractivity contribution in [3.05, 3.63) is 6.33 Å². The van der Waals surface area contributed by atoms with E-state index < -0.39 is 0 Å². The smallest absolute Gasteiger partial charge is 0.244 e. The molecule has 7 heteroatoms. The van der Waals surface area contributed by atoms with E-state index in [1.54, 1.807) is 18.1 Å². The van der Waals surface area contributed by atoms with Crippen LogP contribution in [0.4, 0.5) is 0 Å². The van der Waals surface area contributed by atoms with E-state index in [9.17, 15) is 0 Å². The number of imidazole rings is 1. The van der Waals surface area contributed by atoms with E-state index in [1.165, 1.54) is 0 Å². The Kier molecular flexibility index (Phi) is 5.19. The molecule has 0 N–H and O–H groups in total. The van der Waals surface area contributed by atoms with E-state index in [1.807, 2.05) is 18.5 Å². The molecule has 0 aromatic carbocycles. The molecule has 2 aromatic heterocycles. The van der Waals surface area contributed by atoms with Crippen LogP contribution in [0.3, 0.4) is 0 Å².